The number of hydrogen-bond donors (Lipinski definition) is 1. The predicted octanol–water partition coefficient (Wildman–Crippen LogP) is 5.26. The Morgan fingerprint density at radius 2 is 1.80 bits per heavy atom. The molecule has 0 aliphatic rings. The van der Waals surface area contributed by atoms with Crippen LogP contribution in [-0.2, 0) is 4.79 Å². The van der Waals surface area contributed by atoms with E-state index < -0.39 is 0 Å². The molecule has 1 aromatic carbocycles. The largest absolute Gasteiger partial charge is 0.352 e. The molecule has 0 fully saturated rings. The molecule has 1 amide bonds. The molecule has 0 bridgehead atoms. The number of carbonyl (C=O) groups is 1. The van der Waals surface area contributed by atoms with Crippen LogP contribution in [0.1, 0.15) is 24.8 Å². The minimum Gasteiger partial charge on any atom is -0.352 e. The second-order valence-electron chi connectivity index (χ2n) is 5.58. The molecule has 1 unspecified atom stereocenters. The average molecular weight is 333 g/mol. The van der Waals surface area contributed by atoms with Crippen molar-refractivity contribution in [3.8, 4) is 0 Å². The Labute approximate surface area is 151 Å². The molecule has 2 heteroatoms. The van der Waals surface area contributed by atoms with Gasteiger partial charge in [-0.25, -0.2) is 0 Å². The first-order valence-electron chi connectivity index (χ1n) is 8.38. The zero-order chi connectivity index (χ0) is 18.5. The zero-order valence-corrected chi connectivity index (χ0v) is 14.9. The maximum atomic E-state index is 12.1. The third kappa shape index (κ3) is 7.05. The van der Waals surface area contributed by atoms with Crippen LogP contribution in [0.25, 0.3) is 0 Å². The number of allylic oxidation sites excluding steroid dienone is 8. The molecule has 1 N–H and O–H groups in total. The van der Waals surface area contributed by atoms with Crippen molar-refractivity contribution in [3.63, 3.8) is 0 Å². The molecular formula is C23H27NO. The van der Waals surface area contributed by atoms with Crippen LogP contribution in [0.4, 0.5) is 0 Å². The van der Waals surface area contributed by atoms with E-state index in [0.717, 1.165) is 12.0 Å². The lowest BCUT2D eigenvalue weighted by Crippen LogP contribution is -2.26. The van der Waals surface area contributed by atoms with Crippen molar-refractivity contribution in [3.05, 3.63) is 109 Å². The van der Waals surface area contributed by atoms with Crippen molar-refractivity contribution >= 4 is 5.91 Å². The molecule has 2 nitrogen and oxygen atoms in total. The van der Waals surface area contributed by atoms with Gasteiger partial charge < -0.3 is 5.32 Å². The number of rotatable bonds is 10. The van der Waals surface area contributed by atoms with Crippen LogP contribution in [0.15, 0.2) is 104 Å². The van der Waals surface area contributed by atoms with E-state index in [1.54, 1.807) is 37.3 Å². The van der Waals surface area contributed by atoms with Gasteiger partial charge in [0.05, 0.1) is 0 Å². The number of hydrogen-bond acceptors (Lipinski definition) is 1. The average Bonchev–Trinajstić information content (AvgIpc) is 2.64. The summed E-state index contributed by atoms with van der Waals surface area (Å²) in [6.07, 6.45) is 13.4. The van der Waals surface area contributed by atoms with E-state index in [0.29, 0.717) is 12.1 Å². The Morgan fingerprint density at radius 1 is 1.08 bits per heavy atom. The topological polar surface area (TPSA) is 29.1 Å². The Morgan fingerprint density at radius 3 is 2.40 bits per heavy atom. The minimum absolute atomic E-state index is 0.0617. The second kappa shape index (κ2) is 11.6. The summed E-state index contributed by atoms with van der Waals surface area (Å²) in [5.41, 5.74) is 2.96. The smallest absolute Gasteiger partial charge is 0.246 e. The molecule has 1 rings (SSSR count). The molecule has 130 valence electrons. The normalized spacial score (nSPS) is 13.3. The number of benzene rings is 1. The Kier molecular flexibility index (Phi) is 9.39. The minimum atomic E-state index is -0.0617. The van der Waals surface area contributed by atoms with Crippen molar-refractivity contribution in [1.82, 2.24) is 5.32 Å². The summed E-state index contributed by atoms with van der Waals surface area (Å²) >= 11 is 0. The van der Waals surface area contributed by atoms with Gasteiger partial charge in [0.1, 0.15) is 0 Å². The van der Waals surface area contributed by atoms with Gasteiger partial charge in [-0.3, -0.25) is 4.79 Å². The summed E-state index contributed by atoms with van der Waals surface area (Å²) in [6.45, 7) is 13.7. The third-order valence-electron chi connectivity index (χ3n) is 3.82. The van der Waals surface area contributed by atoms with Crippen molar-refractivity contribution in [2.75, 3.05) is 6.54 Å². The Bertz CT molecular complexity index is 677. The first-order valence-corrected chi connectivity index (χ1v) is 8.38. The fraction of sp³-hybridized carbons (Fsp3) is 0.174. The van der Waals surface area contributed by atoms with Gasteiger partial charge in [-0.1, -0.05) is 92.6 Å². The number of carbonyl (C=O) groups excluding carboxylic acids is 1. The third-order valence-corrected chi connectivity index (χ3v) is 3.82. The predicted molar refractivity (Wildman–Crippen MR) is 108 cm³/mol. The summed E-state index contributed by atoms with van der Waals surface area (Å²) in [5.74, 6) is 0.107. The molecule has 0 saturated carbocycles. The standard InChI is InChI=1S/C23H27NO/c1-5-8-10-14-19(4)23(25)24-18-17-22(20(7-3)13-6-2)21-15-11-9-12-16-21/h5-16,22H,1-3,17-18H2,4H3,(H,24,25)/b10-8-,19-14+,20-13+. The molecule has 0 aliphatic heterocycles. The highest BCUT2D eigenvalue weighted by Gasteiger charge is 2.14. The lowest BCUT2D eigenvalue weighted by atomic mass is 9.88. The zero-order valence-electron chi connectivity index (χ0n) is 14.9. The first-order chi connectivity index (χ1) is 12.1. The first kappa shape index (κ1) is 20.2. The maximum absolute atomic E-state index is 12.1. The number of nitrogens with one attached hydrogen (secondary N) is 1. The van der Waals surface area contributed by atoms with Gasteiger partial charge in [0.2, 0.25) is 5.91 Å². The molecule has 25 heavy (non-hydrogen) atoms. The molecule has 1 atom stereocenters. The molecule has 0 saturated heterocycles. The molecular weight excluding hydrogens is 306 g/mol. The summed E-state index contributed by atoms with van der Waals surface area (Å²) in [4.78, 5) is 12.1. The molecule has 0 heterocycles. The van der Waals surface area contributed by atoms with E-state index in [2.05, 4.69) is 37.2 Å². The van der Waals surface area contributed by atoms with Crippen molar-refractivity contribution in [2.24, 2.45) is 0 Å². The second-order valence-corrected chi connectivity index (χ2v) is 5.58. The SMILES string of the molecule is C=C/C=C\C=C(/C)C(=O)NCCC(/C(C=C)=C/C=C)c1ccccc1. The summed E-state index contributed by atoms with van der Waals surface area (Å²) in [5, 5.41) is 2.98. The van der Waals surface area contributed by atoms with E-state index in [1.807, 2.05) is 30.4 Å². The van der Waals surface area contributed by atoms with Crippen molar-refractivity contribution < 1.29 is 4.79 Å². The molecule has 0 aliphatic carbocycles. The van der Waals surface area contributed by atoms with Crippen LogP contribution in [0, 0.1) is 0 Å². The monoisotopic (exact) mass is 333 g/mol. The van der Waals surface area contributed by atoms with Gasteiger partial charge >= 0.3 is 0 Å². The fourth-order valence-corrected chi connectivity index (χ4v) is 2.50. The lowest BCUT2D eigenvalue weighted by Gasteiger charge is -2.19. The lowest BCUT2D eigenvalue weighted by molar-refractivity contribution is -0.117. The van der Waals surface area contributed by atoms with Crippen molar-refractivity contribution in [2.45, 2.75) is 19.3 Å². The fourth-order valence-electron chi connectivity index (χ4n) is 2.50. The van der Waals surface area contributed by atoms with Gasteiger partial charge in [-0.2, -0.15) is 0 Å². The van der Waals surface area contributed by atoms with Crippen LogP contribution >= 0.6 is 0 Å². The summed E-state index contributed by atoms with van der Waals surface area (Å²) < 4.78 is 0. The summed E-state index contributed by atoms with van der Waals surface area (Å²) in [7, 11) is 0. The van der Waals surface area contributed by atoms with Gasteiger partial charge in [-0.15, -0.1) is 0 Å². The molecule has 0 spiro atoms. The highest BCUT2D eigenvalue weighted by molar-refractivity contribution is 5.93. The van der Waals surface area contributed by atoms with E-state index >= 15 is 0 Å². The van der Waals surface area contributed by atoms with Gasteiger partial charge in [0.15, 0.2) is 0 Å². The maximum Gasteiger partial charge on any atom is 0.246 e. The highest BCUT2D eigenvalue weighted by Crippen LogP contribution is 2.28. The Hall–Kier alpha value is -2.87. The van der Waals surface area contributed by atoms with Crippen LogP contribution in [0.5, 0.6) is 0 Å². The van der Waals surface area contributed by atoms with Crippen LogP contribution in [0.2, 0.25) is 0 Å². The van der Waals surface area contributed by atoms with Crippen LogP contribution < -0.4 is 5.32 Å². The molecule has 0 aromatic heterocycles. The van der Waals surface area contributed by atoms with E-state index in [-0.39, 0.29) is 11.8 Å². The van der Waals surface area contributed by atoms with Gasteiger partial charge in [0.25, 0.3) is 0 Å². The number of amides is 1. The van der Waals surface area contributed by atoms with Gasteiger partial charge in [-0.05, 0) is 24.5 Å². The summed E-state index contributed by atoms with van der Waals surface area (Å²) in [6, 6.07) is 10.2. The van der Waals surface area contributed by atoms with E-state index in [1.165, 1.54) is 5.56 Å². The molecule has 1 aromatic rings. The van der Waals surface area contributed by atoms with E-state index in [4.69, 9.17) is 0 Å². The Balaban J connectivity index is 2.78. The van der Waals surface area contributed by atoms with Gasteiger partial charge in [0, 0.05) is 18.0 Å². The van der Waals surface area contributed by atoms with Crippen LogP contribution in [-0.4, -0.2) is 12.5 Å². The van der Waals surface area contributed by atoms with E-state index in [9.17, 15) is 4.79 Å². The molecule has 0 radical (unpaired) electrons. The highest BCUT2D eigenvalue weighted by atomic mass is 16.1. The van der Waals surface area contributed by atoms with Crippen LogP contribution in [0.3, 0.4) is 0 Å². The quantitative estimate of drug-likeness (QED) is 0.459. The van der Waals surface area contributed by atoms with Crippen molar-refractivity contribution in [1.29, 1.82) is 0 Å².